The highest BCUT2D eigenvalue weighted by molar-refractivity contribution is 6.42. The third-order valence-electron chi connectivity index (χ3n) is 3.03. The molecule has 0 saturated heterocycles. The number of nitrogens with zero attached hydrogens (tertiary/aromatic N) is 2. The fourth-order valence-corrected chi connectivity index (χ4v) is 2.33. The maximum Gasteiger partial charge on any atom is 0.198 e. The van der Waals surface area contributed by atoms with Gasteiger partial charge in [-0.1, -0.05) is 41.4 Å². The molecule has 0 saturated carbocycles. The lowest BCUT2D eigenvalue weighted by Gasteiger charge is -2.09. The van der Waals surface area contributed by atoms with Crippen molar-refractivity contribution < 1.29 is 4.39 Å². The molecule has 5 heteroatoms. The van der Waals surface area contributed by atoms with Crippen molar-refractivity contribution in [3.63, 3.8) is 0 Å². The van der Waals surface area contributed by atoms with E-state index in [2.05, 4.69) is 16.3 Å². The van der Waals surface area contributed by atoms with Crippen LogP contribution in [0.1, 0.15) is 0 Å². The van der Waals surface area contributed by atoms with E-state index in [0.29, 0.717) is 26.9 Å². The number of rotatable bonds is 2. The molecule has 21 heavy (non-hydrogen) atoms. The number of hydrogen-bond donors (Lipinski definition) is 0. The lowest BCUT2D eigenvalue weighted by atomic mass is 10.0. The monoisotopic (exact) mass is 317 g/mol. The van der Waals surface area contributed by atoms with Crippen LogP contribution in [0.2, 0.25) is 10.0 Å². The first-order valence-electron chi connectivity index (χ1n) is 6.10. The lowest BCUT2D eigenvalue weighted by Crippen LogP contribution is -1.93. The SMILES string of the molecule is Fc1ccccc1-c1n[c]ncc1-c1ccc(Cl)c(Cl)c1. The van der Waals surface area contributed by atoms with Gasteiger partial charge in [0, 0.05) is 17.3 Å². The fourth-order valence-electron chi connectivity index (χ4n) is 2.03. The number of benzene rings is 2. The average Bonchev–Trinajstić information content (AvgIpc) is 2.51. The van der Waals surface area contributed by atoms with E-state index in [1.54, 1.807) is 42.6 Å². The predicted octanol–water partition coefficient (Wildman–Crippen LogP) is 5.06. The van der Waals surface area contributed by atoms with E-state index in [1.807, 2.05) is 0 Å². The van der Waals surface area contributed by atoms with Gasteiger partial charge in [-0.25, -0.2) is 14.4 Å². The first-order valence-corrected chi connectivity index (χ1v) is 6.86. The van der Waals surface area contributed by atoms with Gasteiger partial charge in [0.2, 0.25) is 0 Å². The molecule has 0 unspecified atom stereocenters. The van der Waals surface area contributed by atoms with E-state index in [9.17, 15) is 4.39 Å². The molecule has 0 atom stereocenters. The standard InChI is InChI=1S/C16H8Cl2FN2/c17-13-6-5-10(7-14(13)18)12-8-20-9-21-16(12)11-3-1-2-4-15(11)19/h1-8H. The summed E-state index contributed by atoms with van der Waals surface area (Å²) in [5, 5.41) is 0.873. The zero-order valence-corrected chi connectivity index (χ0v) is 12.2. The maximum absolute atomic E-state index is 14.0. The van der Waals surface area contributed by atoms with Crippen molar-refractivity contribution in [1.29, 1.82) is 0 Å². The Morgan fingerprint density at radius 3 is 2.52 bits per heavy atom. The third kappa shape index (κ3) is 2.75. The summed E-state index contributed by atoms with van der Waals surface area (Å²) in [7, 11) is 0. The smallest absolute Gasteiger partial charge is 0.198 e. The Bertz CT molecular complexity index is 806. The van der Waals surface area contributed by atoms with Crippen molar-refractivity contribution >= 4 is 23.2 Å². The van der Waals surface area contributed by atoms with E-state index in [0.717, 1.165) is 5.56 Å². The first kappa shape index (κ1) is 14.0. The number of hydrogen-bond acceptors (Lipinski definition) is 2. The van der Waals surface area contributed by atoms with Crippen molar-refractivity contribution in [3.8, 4) is 22.4 Å². The van der Waals surface area contributed by atoms with Gasteiger partial charge < -0.3 is 0 Å². The zero-order valence-electron chi connectivity index (χ0n) is 10.6. The third-order valence-corrected chi connectivity index (χ3v) is 3.77. The highest BCUT2D eigenvalue weighted by Gasteiger charge is 2.13. The Hall–Kier alpha value is -1.97. The minimum absolute atomic E-state index is 0.356. The molecular weight excluding hydrogens is 310 g/mol. The van der Waals surface area contributed by atoms with Crippen LogP contribution in [0.15, 0.2) is 48.7 Å². The summed E-state index contributed by atoms with van der Waals surface area (Å²) in [5.74, 6) is -0.356. The summed E-state index contributed by atoms with van der Waals surface area (Å²) in [6, 6.07) is 11.6. The molecule has 0 spiro atoms. The van der Waals surface area contributed by atoms with E-state index in [4.69, 9.17) is 23.2 Å². The Morgan fingerprint density at radius 2 is 1.76 bits per heavy atom. The molecule has 1 radical (unpaired) electrons. The topological polar surface area (TPSA) is 25.8 Å². The van der Waals surface area contributed by atoms with Gasteiger partial charge in [0.1, 0.15) is 5.82 Å². The minimum Gasteiger partial charge on any atom is -0.233 e. The van der Waals surface area contributed by atoms with Crippen molar-refractivity contribution in [2.45, 2.75) is 0 Å². The second-order valence-corrected chi connectivity index (χ2v) is 5.16. The fraction of sp³-hybridized carbons (Fsp3) is 0. The van der Waals surface area contributed by atoms with Gasteiger partial charge >= 0.3 is 0 Å². The number of halogens is 3. The zero-order chi connectivity index (χ0) is 14.8. The highest BCUT2D eigenvalue weighted by Crippen LogP contribution is 2.34. The van der Waals surface area contributed by atoms with Crippen LogP contribution in [0.5, 0.6) is 0 Å². The Balaban J connectivity index is 2.21. The number of aromatic nitrogens is 2. The minimum atomic E-state index is -0.356. The molecule has 2 nitrogen and oxygen atoms in total. The maximum atomic E-state index is 14.0. The summed E-state index contributed by atoms with van der Waals surface area (Å²) >= 11 is 12.0. The molecule has 103 valence electrons. The Kier molecular flexibility index (Phi) is 3.86. The molecule has 0 aliphatic heterocycles. The molecule has 2 aromatic carbocycles. The summed E-state index contributed by atoms with van der Waals surface area (Å²) in [4.78, 5) is 7.98. The molecule has 0 bridgehead atoms. The second kappa shape index (κ2) is 5.80. The van der Waals surface area contributed by atoms with Gasteiger partial charge in [-0.3, -0.25) is 0 Å². The molecule has 0 amide bonds. The van der Waals surface area contributed by atoms with E-state index < -0.39 is 0 Å². The molecule has 0 aliphatic rings. The molecular formula is C16H8Cl2FN2. The van der Waals surface area contributed by atoms with Crippen LogP contribution < -0.4 is 0 Å². The van der Waals surface area contributed by atoms with E-state index in [-0.39, 0.29) is 5.82 Å². The summed E-state index contributed by atoms with van der Waals surface area (Å²) in [6.07, 6.45) is 4.07. The Morgan fingerprint density at radius 1 is 0.952 bits per heavy atom. The van der Waals surface area contributed by atoms with E-state index in [1.165, 1.54) is 6.07 Å². The summed E-state index contributed by atoms with van der Waals surface area (Å²) < 4.78 is 14.0. The lowest BCUT2D eigenvalue weighted by molar-refractivity contribution is 0.630. The second-order valence-electron chi connectivity index (χ2n) is 4.34. The Labute approximate surface area is 131 Å². The van der Waals surface area contributed by atoms with Crippen LogP contribution in [0.25, 0.3) is 22.4 Å². The highest BCUT2D eigenvalue weighted by atomic mass is 35.5. The van der Waals surface area contributed by atoms with Crippen LogP contribution in [-0.2, 0) is 0 Å². The average molecular weight is 318 g/mol. The van der Waals surface area contributed by atoms with Crippen LogP contribution in [-0.4, -0.2) is 9.97 Å². The normalized spacial score (nSPS) is 10.6. The largest absolute Gasteiger partial charge is 0.233 e. The van der Waals surface area contributed by atoms with Crippen LogP contribution in [0.3, 0.4) is 0 Å². The van der Waals surface area contributed by atoms with E-state index >= 15 is 0 Å². The molecule has 0 aliphatic carbocycles. The van der Waals surface area contributed by atoms with Gasteiger partial charge in [-0.2, -0.15) is 0 Å². The molecule has 1 aromatic heterocycles. The van der Waals surface area contributed by atoms with Crippen molar-refractivity contribution in [1.82, 2.24) is 9.97 Å². The molecule has 3 aromatic rings. The van der Waals surface area contributed by atoms with Crippen molar-refractivity contribution in [3.05, 3.63) is 70.9 Å². The van der Waals surface area contributed by atoms with Gasteiger partial charge in [-0.05, 0) is 29.8 Å². The molecule has 0 N–H and O–H groups in total. The van der Waals surface area contributed by atoms with Gasteiger partial charge in [0.05, 0.1) is 15.7 Å². The van der Waals surface area contributed by atoms with Gasteiger partial charge in [0.25, 0.3) is 0 Å². The predicted molar refractivity (Wildman–Crippen MR) is 81.7 cm³/mol. The quantitative estimate of drug-likeness (QED) is 0.660. The van der Waals surface area contributed by atoms with Crippen LogP contribution in [0.4, 0.5) is 4.39 Å². The summed E-state index contributed by atoms with van der Waals surface area (Å²) in [5.41, 5.74) is 2.27. The van der Waals surface area contributed by atoms with Crippen LogP contribution >= 0.6 is 23.2 Å². The summed E-state index contributed by atoms with van der Waals surface area (Å²) in [6.45, 7) is 0. The van der Waals surface area contributed by atoms with Crippen LogP contribution in [0, 0.1) is 12.1 Å². The molecule has 3 rings (SSSR count). The van der Waals surface area contributed by atoms with Gasteiger partial charge in [-0.15, -0.1) is 0 Å². The van der Waals surface area contributed by atoms with Crippen molar-refractivity contribution in [2.24, 2.45) is 0 Å². The van der Waals surface area contributed by atoms with Gasteiger partial charge in [0.15, 0.2) is 6.33 Å². The molecule has 0 fully saturated rings. The van der Waals surface area contributed by atoms with Crippen molar-refractivity contribution in [2.75, 3.05) is 0 Å². The molecule has 1 heterocycles. The first-order chi connectivity index (χ1) is 10.2.